The van der Waals surface area contributed by atoms with Crippen LogP contribution in [0.15, 0.2) is 46.9 Å². The lowest BCUT2D eigenvalue weighted by molar-refractivity contribution is 0.880. The second-order valence-corrected chi connectivity index (χ2v) is 5.71. The molecule has 0 aliphatic heterocycles. The predicted molar refractivity (Wildman–Crippen MR) is 82.1 cm³/mol. The Morgan fingerprint density at radius 2 is 1.67 bits per heavy atom. The minimum Gasteiger partial charge on any atom is -0.378 e. The van der Waals surface area contributed by atoms with Crippen LogP contribution in [-0.4, -0.2) is 0 Å². The van der Waals surface area contributed by atoms with E-state index in [0.29, 0.717) is 6.04 Å². The van der Waals surface area contributed by atoms with Gasteiger partial charge in [-0.1, -0.05) is 51.3 Å². The van der Waals surface area contributed by atoms with E-state index in [1.807, 2.05) is 12.1 Å². The highest BCUT2D eigenvalue weighted by atomic mass is 79.9. The number of nitrogens with one attached hydrogen (secondary N) is 1. The van der Waals surface area contributed by atoms with Crippen molar-refractivity contribution >= 4 is 21.6 Å². The van der Waals surface area contributed by atoms with Gasteiger partial charge in [-0.25, -0.2) is 0 Å². The number of benzene rings is 2. The first-order chi connectivity index (χ1) is 8.54. The molecule has 1 atom stereocenters. The Labute approximate surface area is 117 Å². The van der Waals surface area contributed by atoms with E-state index in [0.717, 1.165) is 10.2 Å². The van der Waals surface area contributed by atoms with Gasteiger partial charge in [-0.3, -0.25) is 0 Å². The van der Waals surface area contributed by atoms with Crippen LogP contribution in [-0.2, 0) is 0 Å². The van der Waals surface area contributed by atoms with E-state index in [4.69, 9.17) is 0 Å². The Kier molecular flexibility index (Phi) is 4.07. The molecule has 0 aliphatic carbocycles. The van der Waals surface area contributed by atoms with Gasteiger partial charge in [0.25, 0.3) is 0 Å². The Balaban J connectivity index is 2.19. The maximum atomic E-state index is 3.52. The van der Waals surface area contributed by atoms with Gasteiger partial charge in [0.05, 0.1) is 0 Å². The van der Waals surface area contributed by atoms with E-state index < -0.39 is 0 Å². The van der Waals surface area contributed by atoms with Crippen LogP contribution in [0.5, 0.6) is 0 Å². The van der Waals surface area contributed by atoms with Crippen molar-refractivity contribution in [1.82, 2.24) is 0 Å². The molecule has 2 rings (SSSR count). The van der Waals surface area contributed by atoms with E-state index >= 15 is 0 Å². The molecular formula is C16H18BrN. The summed E-state index contributed by atoms with van der Waals surface area (Å²) in [5.74, 6) is 0. The molecule has 0 saturated carbocycles. The Bertz CT molecular complexity index is 528. The van der Waals surface area contributed by atoms with Gasteiger partial charge in [0.15, 0.2) is 0 Å². The molecule has 0 spiro atoms. The summed E-state index contributed by atoms with van der Waals surface area (Å²) in [5.41, 5.74) is 5.09. The molecule has 0 radical (unpaired) electrons. The fourth-order valence-corrected chi connectivity index (χ4v) is 2.57. The van der Waals surface area contributed by atoms with Crippen LogP contribution in [0.1, 0.15) is 29.7 Å². The van der Waals surface area contributed by atoms with Crippen LogP contribution in [0.4, 0.5) is 5.69 Å². The molecule has 0 amide bonds. The Morgan fingerprint density at radius 1 is 1.00 bits per heavy atom. The summed E-state index contributed by atoms with van der Waals surface area (Å²) in [6.07, 6.45) is 0. The molecule has 1 nitrogen and oxygen atoms in total. The molecule has 18 heavy (non-hydrogen) atoms. The van der Waals surface area contributed by atoms with Gasteiger partial charge in [0, 0.05) is 16.2 Å². The van der Waals surface area contributed by atoms with Crippen LogP contribution < -0.4 is 5.32 Å². The van der Waals surface area contributed by atoms with Crippen molar-refractivity contribution in [3.63, 3.8) is 0 Å². The van der Waals surface area contributed by atoms with E-state index in [9.17, 15) is 0 Å². The van der Waals surface area contributed by atoms with Gasteiger partial charge >= 0.3 is 0 Å². The lowest BCUT2D eigenvalue weighted by Crippen LogP contribution is -2.07. The third-order valence-corrected chi connectivity index (χ3v) is 3.45. The molecule has 2 aromatic rings. The minimum atomic E-state index is 0.304. The lowest BCUT2D eigenvalue weighted by atomic mass is 10.0. The molecule has 0 saturated heterocycles. The van der Waals surface area contributed by atoms with E-state index in [2.05, 4.69) is 72.3 Å². The molecule has 1 N–H and O–H groups in total. The van der Waals surface area contributed by atoms with Crippen LogP contribution in [0.3, 0.4) is 0 Å². The van der Waals surface area contributed by atoms with E-state index in [-0.39, 0.29) is 0 Å². The molecule has 94 valence electrons. The lowest BCUT2D eigenvalue weighted by Gasteiger charge is -2.17. The zero-order valence-corrected chi connectivity index (χ0v) is 12.6. The molecule has 2 aromatic carbocycles. The summed E-state index contributed by atoms with van der Waals surface area (Å²) < 4.78 is 1.10. The van der Waals surface area contributed by atoms with Gasteiger partial charge in [0.1, 0.15) is 0 Å². The summed E-state index contributed by atoms with van der Waals surface area (Å²) in [4.78, 5) is 0. The highest BCUT2D eigenvalue weighted by Gasteiger charge is 2.06. The first-order valence-corrected chi connectivity index (χ1v) is 6.94. The van der Waals surface area contributed by atoms with Crippen molar-refractivity contribution in [3.8, 4) is 0 Å². The number of hydrogen-bond acceptors (Lipinski definition) is 1. The van der Waals surface area contributed by atoms with Crippen molar-refractivity contribution in [1.29, 1.82) is 0 Å². The molecule has 0 fully saturated rings. The van der Waals surface area contributed by atoms with Gasteiger partial charge in [-0.05, 0) is 44.5 Å². The molecule has 0 aliphatic rings. The Hall–Kier alpha value is -1.28. The Morgan fingerprint density at radius 3 is 2.28 bits per heavy atom. The van der Waals surface area contributed by atoms with Crippen molar-refractivity contribution in [2.45, 2.75) is 26.8 Å². The number of anilines is 1. The average Bonchev–Trinajstić information content (AvgIpc) is 2.27. The molecule has 1 unspecified atom stereocenters. The molecular weight excluding hydrogens is 286 g/mol. The highest BCUT2D eigenvalue weighted by Crippen LogP contribution is 2.23. The number of hydrogen-bond donors (Lipinski definition) is 1. The number of halogens is 1. The fraction of sp³-hybridized carbons (Fsp3) is 0.250. The SMILES string of the molecule is Cc1cc(C)cc(C(C)Nc2cccc(Br)c2)c1. The molecule has 0 aromatic heterocycles. The van der Waals surface area contributed by atoms with Crippen LogP contribution in [0.25, 0.3) is 0 Å². The zero-order valence-electron chi connectivity index (χ0n) is 11.0. The second kappa shape index (κ2) is 5.57. The first-order valence-electron chi connectivity index (χ1n) is 6.15. The molecule has 0 bridgehead atoms. The molecule has 0 heterocycles. The van der Waals surface area contributed by atoms with Gasteiger partial charge in [-0.2, -0.15) is 0 Å². The molecule has 2 heteroatoms. The maximum absolute atomic E-state index is 3.52. The third-order valence-electron chi connectivity index (χ3n) is 2.95. The quantitative estimate of drug-likeness (QED) is 0.817. The smallest absolute Gasteiger partial charge is 0.0485 e. The summed E-state index contributed by atoms with van der Waals surface area (Å²) in [7, 11) is 0. The van der Waals surface area contributed by atoms with Crippen molar-refractivity contribution in [2.24, 2.45) is 0 Å². The number of aryl methyl sites for hydroxylation is 2. The summed E-state index contributed by atoms with van der Waals surface area (Å²) >= 11 is 3.49. The zero-order chi connectivity index (χ0) is 13.1. The monoisotopic (exact) mass is 303 g/mol. The average molecular weight is 304 g/mol. The van der Waals surface area contributed by atoms with Crippen molar-refractivity contribution < 1.29 is 0 Å². The number of rotatable bonds is 3. The second-order valence-electron chi connectivity index (χ2n) is 4.80. The van der Waals surface area contributed by atoms with Crippen molar-refractivity contribution in [2.75, 3.05) is 5.32 Å². The van der Waals surface area contributed by atoms with Gasteiger partial charge in [0.2, 0.25) is 0 Å². The van der Waals surface area contributed by atoms with Crippen LogP contribution >= 0.6 is 15.9 Å². The maximum Gasteiger partial charge on any atom is 0.0485 e. The highest BCUT2D eigenvalue weighted by molar-refractivity contribution is 9.10. The normalized spacial score (nSPS) is 12.2. The van der Waals surface area contributed by atoms with Crippen LogP contribution in [0, 0.1) is 13.8 Å². The van der Waals surface area contributed by atoms with Crippen molar-refractivity contribution in [3.05, 3.63) is 63.6 Å². The summed E-state index contributed by atoms with van der Waals surface area (Å²) in [6.45, 7) is 6.47. The minimum absolute atomic E-state index is 0.304. The summed E-state index contributed by atoms with van der Waals surface area (Å²) in [5, 5.41) is 3.52. The van der Waals surface area contributed by atoms with Crippen LogP contribution in [0.2, 0.25) is 0 Å². The fourth-order valence-electron chi connectivity index (χ4n) is 2.17. The topological polar surface area (TPSA) is 12.0 Å². The standard InChI is InChI=1S/C16H18BrN/c1-11-7-12(2)9-14(8-11)13(3)18-16-6-4-5-15(17)10-16/h4-10,13,18H,1-3H3. The predicted octanol–water partition coefficient (Wildman–Crippen LogP) is 5.24. The van der Waals surface area contributed by atoms with E-state index in [1.165, 1.54) is 16.7 Å². The van der Waals surface area contributed by atoms with Gasteiger partial charge < -0.3 is 5.32 Å². The van der Waals surface area contributed by atoms with E-state index in [1.54, 1.807) is 0 Å². The largest absolute Gasteiger partial charge is 0.378 e. The first kappa shape index (κ1) is 13.2. The van der Waals surface area contributed by atoms with Gasteiger partial charge in [-0.15, -0.1) is 0 Å². The summed E-state index contributed by atoms with van der Waals surface area (Å²) in [6, 6.07) is 15.2. The third kappa shape index (κ3) is 3.36.